The Labute approximate surface area is 178 Å². The van der Waals surface area contributed by atoms with Crippen molar-refractivity contribution in [2.24, 2.45) is 5.92 Å². The van der Waals surface area contributed by atoms with Gasteiger partial charge in [-0.15, -0.1) is 0 Å². The van der Waals surface area contributed by atoms with Crippen LogP contribution in [0.1, 0.15) is 38.3 Å². The SMILES string of the molecule is CCOC(=O)C[C@@H](C(C)C)N(Cc1ccc(F)cc1)C(=S)Nc1cccc(C)c1. The summed E-state index contributed by atoms with van der Waals surface area (Å²) < 4.78 is 18.5. The number of halogens is 1. The molecule has 0 aromatic heterocycles. The van der Waals surface area contributed by atoms with Crippen LogP contribution in [0.25, 0.3) is 0 Å². The van der Waals surface area contributed by atoms with Gasteiger partial charge in [0.05, 0.1) is 13.0 Å². The van der Waals surface area contributed by atoms with E-state index in [1.165, 1.54) is 12.1 Å². The number of esters is 1. The van der Waals surface area contributed by atoms with Crippen molar-refractivity contribution in [2.75, 3.05) is 11.9 Å². The van der Waals surface area contributed by atoms with Gasteiger partial charge in [0.2, 0.25) is 0 Å². The standard InChI is InChI=1S/C23H29FN2O2S/c1-5-28-22(27)14-21(16(2)3)26(15-18-9-11-19(24)12-10-18)23(29)25-20-8-6-7-17(4)13-20/h6-13,16,21H,5,14-15H2,1-4H3,(H,25,29)/t21-/m0/s1. The quantitative estimate of drug-likeness (QED) is 0.466. The van der Waals surface area contributed by atoms with E-state index in [0.717, 1.165) is 16.8 Å². The number of nitrogens with one attached hydrogen (secondary N) is 1. The molecule has 4 nitrogen and oxygen atoms in total. The molecule has 0 heterocycles. The van der Waals surface area contributed by atoms with Crippen LogP contribution >= 0.6 is 12.2 Å². The third-order valence-corrected chi connectivity index (χ3v) is 4.98. The zero-order valence-electron chi connectivity index (χ0n) is 17.4. The molecule has 29 heavy (non-hydrogen) atoms. The van der Waals surface area contributed by atoms with E-state index in [1.54, 1.807) is 19.1 Å². The number of hydrogen-bond donors (Lipinski definition) is 1. The fraction of sp³-hybridized carbons (Fsp3) is 0.391. The lowest BCUT2D eigenvalue weighted by Gasteiger charge is -2.36. The molecule has 6 heteroatoms. The van der Waals surface area contributed by atoms with Gasteiger partial charge in [-0.3, -0.25) is 4.79 Å². The van der Waals surface area contributed by atoms with Crippen LogP contribution in [0.4, 0.5) is 10.1 Å². The second-order valence-corrected chi connectivity index (χ2v) is 7.76. The smallest absolute Gasteiger partial charge is 0.307 e. The van der Waals surface area contributed by atoms with Gasteiger partial charge >= 0.3 is 5.97 Å². The Morgan fingerprint density at radius 1 is 1.21 bits per heavy atom. The van der Waals surface area contributed by atoms with Crippen molar-refractivity contribution in [1.29, 1.82) is 0 Å². The van der Waals surface area contributed by atoms with E-state index in [2.05, 4.69) is 19.2 Å². The van der Waals surface area contributed by atoms with E-state index in [-0.39, 0.29) is 30.2 Å². The first-order valence-electron chi connectivity index (χ1n) is 9.84. The minimum absolute atomic E-state index is 0.150. The maximum Gasteiger partial charge on any atom is 0.307 e. The van der Waals surface area contributed by atoms with Crippen molar-refractivity contribution in [3.05, 3.63) is 65.5 Å². The van der Waals surface area contributed by atoms with Crippen LogP contribution in [0.3, 0.4) is 0 Å². The largest absolute Gasteiger partial charge is 0.466 e. The number of hydrogen-bond acceptors (Lipinski definition) is 3. The molecule has 0 aliphatic carbocycles. The molecule has 0 aliphatic heterocycles. The van der Waals surface area contributed by atoms with E-state index in [1.807, 2.05) is 36.1 Å². The molecule has 0 aliphatic rings. The zero-order chi connectivity index (χ0) is 21.4. The fourth-order valence-electron chi connectivity index (χ4n) is 3.14. The van der Waals surface area contributed by atoms with Gasteiger partial charge in [0.25, 0.3) is 0 Å². The van der Waals surface area contributed by atoms with Gasteiger partial charge in [0.1, 0.15) is 5.82 Å². The van der Waals surface area contributed by atoms with Crippen LogP contribution in [0.15, 0.2) is 48.5 Å². The van der Waals surface area contributed by atoms with Crippen LogP contribution in [-0.2, 0) is 16.1 Å². The number of rotatable bonds is 8. The number of ether oxygens (including phenoxy) is 1. The monoisotopic (exact) mass is 416 g/mol. The lowest BCUT2D eigenvalue weighted by atomic mass is 9.98. The van der Waals surface area contributed by atoms with Gasteiger partial charge < -0.3 is 15.0 Å². The normalized spacial score (nSPS) is 11.8. The number of thiocarbonyl (C=S) groups is 1. The Morgan fingerprint density at radius 3 is 2.48 bits per heavy atom. The Bertz CT molecular complexity index is 824. The van der Waals surface area contributed by atoms with E-state index in [0.29, 0.717) is 18.3 Å². The number of benzene rings is 2. The molecular formula is C23H29FN2O2S. The highest BCUT2D eigenvalue weighted by atomic mass is 32.1. The van der Waals surface area contributed by atoms with Gasteiger partial charge in [0.15, 0.2) is 5.11 Å². The van der Waals surface area contributed by atoms with Crippen LogP contribution < -0.4 is 5.32 Å². The lowest BCUT2D eigenvalue weighted by molar-refractivity contribution is -0.144. The van der Waals surface area contributed by atoms with Gasteiger partial charge in [-0.1, -0.05) is 38.1 Å². The number of aryl methyl sites for hydroxylation is 1. The highest BCUT2D eigenvalue weighted by Gasteiger charge is 2.27. The summed E-state index contributed by atoms with van der Waals surface area (Å²) in [6.07, 6.45) is 0.225. The molecule has 2 aromatic carbocycles. The van der Waals surface area contributed by atoms with Gasteiger partial charge in [-0.05, 0) is 67.4 Å². The highest BCUT2D eigenvalue weighted by molar-refractivity contribution is 7.80. The van der Waals surface area contributed by atoms with E-state index in [4.69, 9.17) is 17.0 Å². The van der Waals surface area contributed by atoms with E-state index < -0.39 is 0 Å². The van der Waals surface area contributed by atoms with Crippen molar-refractivity contribution in [3.8, 4) is 0 Å². The molecule has 0 spiro atoms. The molecule has 0 amide bonds. The first-order chi connectivity index (χ1) is 13.8. The Hall–Kier alpha value is -2.47. The summed E-state index contributed by atoms with van der Waals surface area (Å²) in [6.45, 7) is 8.71. The predicted octanol–water partition coefficient (Wildman–Crippen LogP) is 5.31. The first kappa shape index (κ1) is 22.8. The van der Waals surface area contributed by atoms with Crippen molar-refractivity contribution >= 4 is 29.0 Å². The molecule has 1 atom stereocenters. The second kappa shape index (κ2) is 10.9. The topological polar surface area (TPSA) is 41.6 Å². The second-order valence-electron chi connectivity index (χ2n) is 7.37. The molecule has 2 aromatic rings. The maximum atomic E-state index is 13.3. The summed E-state index contributed by atoms with van der Waals surface area (Å²) in [5.41, 5.74) is 2.92. The van der Waals surface area contributed by atoms with Crippen LogP contribution in [0.5, 0.6) is 0 Å². The number of carbonyl (C=O) groups excluding carboxylic acids is 1. The first-order valence-corrected chi connectivity index (χ1v) is 10.2. The molecule has 1 N–H and O–H groups in total. The number of anilines is 1. The third-order valence-electron chi connectivity index (χ3n) is 4.65. The minimum Gasteiger partial charge on any atom is -0.466 e. The van der Waals surface area contributed by atoms with Gasteiger partial charge in [0, 0.05) is 18.3 Å². The van der Waals surface area contributed by atoms with Crippen LogP contribution in [-0.4, -0.2) is 28.6 Å². The molecule has 0 bridgehead atoms. The summed E-state index contributed by atoms with van der Waals surface area (Å²) in [4.78, 5) is 14.2. The third kappa shape index (κ3) is 7.13. The van der Waals surface area contributed by atoms with Gasteiger partial charge in [-0.2, -0.15) is 0 Å². The molecular weight excluding hydrogens is 387 g/mol. The van der Waals surface area contributed by atoms with Crippen LogP contribution in [0, 0.1) is 18.7 Å². The lowest BCUT2D eigenvalue weighted by Crippen LogP contribution is -2.46. The molecule has 0 unspecified atom stereocenters. The summed E-state index contributed by atoms with van der Waals surface area (Å²) in [5.74, 6) is -0.390. The average molecular weight is 417 g/mol. The molecule has 0 fully saturated rings. The van der Waals surface area contributed by atoms with Crippen molar-refractivity contribution in [1.82, 2.24) is 4.90 Å². The Morgan fingerprint density at radius 2 is 1.90 bits per heavy atom. The molecule has 0 saturated carbocycles. The maximum absolute atomic E-state index is 13.3. The van der Waals surface area contributed by atoms with Crippen molar-refractivity contribution in [2.45, 2.75) is 46.7 Å². The molecule has 2 rings (SSSR count). The fourth-order valence-corrected chi connectivity index (χ4v) is 3.46. The highest BCUT2D eigenvalue weighted by Crippen LogP contribution is 2.21. The number of nitrogens with zero attached hydrogens (tertiary/aromatic N) is 1. The number of carbonyl (C=O) groups is 1. The summed E-state index contributed by atoms with van der Waals surface area (Å²) in [7, 11) is 0. The Kier molecular flexibility index (Phi) is 8.58. The van der Waals surface area contributed by atoms with Gasteiger partial charge in [-0.25, -0.2) is 4.39 Å². The zero-order valence-corrected chi connectivity index (χ0v) is 18.3. The predicted molar refractivity (Wildman–Crippen MR) is 119 cm³/mol. The summed E-state index contributed by atoms with van der Waals surface area (Å²) in [6, 6.07) is 14.1. The molecule has 0 radical (unpaired) electrons. The van der Waals surface area contributed by atoms with Crippen molar-refractivity contribution in [3.63, 3.8) is 0 Å². The average Bonchev–Trinajstić information content (AvgIpc) is 2.66. The molecule has 0 saturated heterocycles. The minimum atomic E-state index is -0.285. The van der Waals surface area contributed by atoms with Crippen LogP contribution in [0.2, 0.25) is 0 Å². The van der Waals surface area contributed by atoms with E-state index >= 15 is 0 Å². The van der Waals surface area contributed by atoms with E-state index in [9.17, 15) is 9.18 Å². The molecule has 156 valence electrons. The van der Waals surface area contributed by atoms with Crippen molar-refractivity contribution < 1.29 is 13.9 Å². The summed E-state index contributed by atoms with van der Waals surface area (Å²) >= 11 is 5.73. The Balaban J connectivity index is 2.29. The summed E-state index contributed by atoms with van der Waals surface area (Å²) in [5, 5.41) is 3.80.